The van der Waals surface area contributed by atoms with Gasteiger partial charge in [0.25, 0.3) is 5.91 Å². The highest BCUT2D eigenvalue weighted by atomic mass is 32.2. The van der Waals surface area contributed by atoms with E-state index in [-0.39, 0.29) is 0 Å². The third-order valence-electron chi connectivity index (χ3n) is 3.58. The molecule has 23 heavy (non-hydrogen) atoms. The van der Waals surface area contributed by atoms with E-state index >= 15 is 0 Å². The summed E-state index contributed by atoms with van der Waals surface area (Å²) in [5.74, 6) is -0.430. The van der Waals surface area contributed by atoms with Gasteiger partial charge in [-0.3, -0.25) is 4.79 Å². The Labute approximate surface area is 145 Å². The molecule has 1 amide bonds. The zero-order valence-electron chi connectivity index (χ0n) is 13.4. The van der Waals surface area contributed by atoms with Crippen molar-refractivity contribution in [3.8, 4) is 0 Å². The van der Waals surface area contributed by atoms with Gasteiger partial charge in [0.2, 0.25) is 0 Å². The predicted octanol–water partition coefficient (Wildman–Crippen LogP) is 4.35. The van der Waals surface area contributed by atoms with Gasteiger partial charge in [-0.05, 0) is 55.5 Å². The number of hydrogen-bond acceptors (Lipinski definition) is 4. The van der Waals surface area contributed by atoms with E-state index in [1.165, 1.54) is 11.1 Å². The molecular formula is C17H21N3OS2. The number of nitrogens with two attached hydrogens (primary N) is 1. The largest absolute Gasteiger partial charge is 0.384 e. The number of anilines is 1. The van der Waals surface area contributed by atoms with E-state index in [1.807, 2.05) is 37.4 Å². The number of thiophene rings is 1. The monoisotopic (exact) mass is 347 g/mol. The van der Waals surface area contributed by atoms with Crippen LogP contribution in [0, 0.1) is 13.8 Å². The maximum Gasteiger partial charge on any atom is 0.265 e. The number of aryl methyl sites for hydroxylation is 2. The lowest BCUT2D eigenvalue weighted by Gasteiger charge is -2.09. The molecule has 3 rings (SSSR count). The Balaban J connectivity index is 0.000000268. The van der Waals surface area contributed by atoms with Crippen LogP contribution in [0.2, 0.25) is 0 Å². The third-order valence-corrected chi connectivity index (χ3v) is 4.72. The second-order valence-corrected chi connectivity index (χ2v) is 6.92. The number of benzene rings is 1. The molecule has 0 saturated heterocycles. The first-order valence-corrected chi connectivity index (χ1v) is 8.65. The summed E-state index contributed by atoms with van der Waals surface area (Å²) in [7, 11) is 0. The number of aromatic nitrogens is 1. The summed E-state index contributed by atoms with van der Waals surface area (Å²) in [4.78, 5) is 14.3. The van der Waals surface area contributed by atoms with E-state index in [2.05, 4.69) is 35.9 Å². The van der Waals surface area contributed by atoms with E-state index in [1.54, 1.807) is 11.3 Å². The van der Waals surface area contributed by atoms with Crippen molar-refractivity contribution in [2.24, 2.45) is 5.73 Å². The fraction of sp³-hybridized carbons (Fsp3) is 0.235. The highest BCUT2D eigenvalue weighted by Gasteiger charge is 2.12. The van der Waals surface area contributed by atoms with Crippen LogP contribution in [0.1, 0.15) is 28.5 Å². The second-order valence-electron chi connectivity index (χ2n) is 5.18. The van der Waals surface area contributed by atoms with Crippen molar-refractivity contribution in [2.45, 2.75) is 25.0 Å². The van der Waals surface area contributed by atoms with E-state index in [0.29, 0.717) is 5.69 Å². The summed E-state index contributed by atoms with van der Waals surface area (Å²) in [6, 6.07) is 7.85. The van der Waals surface area contributed by atoms with Crippen LogP contribution in [0.15, 0.2) is 33.9 Å². The fourth-order valence-corrected chi connectivity index (χ4v) is 3.03. The Hall–Kier alpha value is -1.92. The van der Waals surface area contributed by atoms with E-state index < -0.39 is 5.91 Å². The second kappa shape index (κ2) is 7.57. The van der Waals surface area contributed by atoms with Gasteiger partial charge in [-0.1, -0.05) is 6.07 Å². The van der Waals surface area contributed by atoms with Crippen LogP contribution in [0.5, 0.6) is 0 Å². The first-order chi connectivity index (χ1) is 10.9. The molecule has 0 unspecified atom stereocenters. The molecule has 0 aliphatic rings. The molecule has 0 aliphatic heterocycles. The molecule has 4 nitrogen and oxygen atoms in total. The number of carbonyl (C=O) groups excluding carboxylic acids is 1. The molecule has 0 radical (unpaired) electrons. The summed E-state index contributed by atoms with van der Waals surface area (Å²) in [5.41, 5.74) is 10.1. The lowest BCUT2D eigenvalue weighted by atomic mass is 10.0. The Morgan fingerprint density at radius 3 is 2.61 bits per heavy atom. The minimum absolute atomic E-state index is 0.430. The van der Waals surface area contributed by atoms with E-state index in [0.717, 1.165) is 27.3 Å². The number of fused-ring (bicyclic) bond motifs is 1. The fourth-order valence-electron chi connectivity index (χ4n) is 2.30. The number of H-pyrrole nitrogens is 1. The van der Waals surface area contributed by atoms with Gasteiger partial charge in [0.05, 0.1) is 15.4 Å². The molecular weight excluding hydrogens is 326 g/mol. The van der Waals surface area contributed by atoms with Gasteiger partial charge in [-0.25, -0.2) is 0 Å². The maximum absolute atomic E-state index is 11.2. The van der Waals surface area contributed by atoms with Crippen LogP contribution in [0.3, 0.4) is 0 Å². The maximum atomic E-state index is 11.2. The summed E-state index contributed by atoms with van der Waals surface area (Å²) < 4.78 is 1.08. The van der Waals surface area contributed by atoms with Crippen LogP contribution >= 0.6 is 24.0 Å². The van der Waals surface area contributed by atoms with Crippen molar-refractivity contribution in [3.05, 3.63) is 46.5 Å². The Morgan fingerprint density at radius 2 is 2.13 bits per heavy atom. The number of aromatic amines is 1. The lowest BCUT2D eigenvalue weighted by Crippen LogP contribution is -2.10. The Bertz CT molecular complexity index is 807. The molecule has 2 aromatic heterocycles. The molecule has 4 N–H and O–H groups in total. The molecule has 3 aromatic rings. The molecule has 122 valence electrons. The number of primary amides is 1. The highest BCUT2D eigenvalue weighted by Crippen LogP contribution is 2.29. The zero-order valence-corrected chi connectivity index (χ0v) is 15.1. The first-order valence-electron chi connectivity index (χ1n) is 7.33. The van der Waals surface area contributed by atoms with Gasteiger partial charge in [-0.15, -0.1) is 24.0 Å². The number of carbonyl (C=O) groups is 1. The number of rotatable bonds is 3. The van der Waals surface area contributed by atoms with Crippen molar-refractivity contribution in [3.63, 3.8) is 0 Å². The summed E-state index contributed by atoms with van der Waals surface area (Å²) >= 11 is 5.70. The van der Waals surface area contributed by atoms with Gasteiger partial charge < -0.3 is 16.0 Å². The normalized spacial score (nSPS) is 10.3. The molecule has 0 bridgehead atoms. The Morgan fingerprint density at radius 1 is 1.39 bits per heavy atom. The van der Waals surface area contributed by atoms with Crippen LogP contribution in [-0.4, -0.2) is 17.4 Å². The summed E-state index contributed by atoms with van der Waals surface area (Å²) in [6.45, 7) is 6.99. The van der Waals surface area contributed by atoms with Crippen molar-refractivity contribution in [1.82, 2.24) is 4.98 Å². The van der Waals surface area contributed by atoms with Gasteiger partial charge in [0.1, 0.15) is 5.69 Å². The topological polar surface area (TPSA) is 70.9 Å². The van der Waals surface area contributed by atoms with Gasteiger partial charge >= 0.3 is 0 Å². The van der Waals surface area contributed by atoms with Crippen molar-refractivity contribution < 1.29 is 4.79 Å². The van der Waals surface area contributed by atoms with Gasteiger partial charge in [0.15, 0.2) is 0 Å². The van der Waals surface area contributed by atoms with Crippen LogP contribution in [0.25, 0.3) is 10.9 Å². The number of nitrogens with one attached hydrogen (secondary N) is 2. The number of amides is 1. The minimum Gasteiger partial charge on any atom is -0.384 e. The van der Waals surface area contributed by atoms with E-state index in [4.69, 9.17) is 5.73 Å². The van der Waals surface area contributed by atoms with Crippen LogP contribution in [-0.2, 0) is 0 Å². The van der Waals surface area contributed by atoms with Crippen molar-refractivity contribution in [1.29, 1.82) is 0 Å². The van der Waals surface area contributed by atoms with Crippen LogP contribution in [0.4, 0.5) is 5.69 Å². The molecule has 0 atom stereocenters. The molecule has 2 heterocycles. The SMILES string of the molecule is CCNc1cc(C)c(C)c2cc(C(N)=O)[nH]c12.Sc1cccs1. The average molecular weight is 348 g/mol. The van der Waals surface area contributed by atoms with Crippen molar-refractivity contribution in [2.75, 3.05) is 11.9 Å². The first kappa shape index (κ1) is 17.4. The predicted molar refractivity (Wildman–Crippen MR) is 102 cm³/mol. The number of hydrogen-bond donors (Lipinski definition) is 4. The van der Waals surface area contributed by atoms with Gasteiger partial charge in [-0.2, -0.15) is 0 Å². The average Bonchev–Trinajstić information content (AvgIpc) is 3.14. The molecule has 0 spiro atoms. The number of thiol groups is 1. The third kappa shape index (κ3) is 4.09. The minimum atomic E-state index is -0.430. The highest BCUT2D eigenvalue weighted by molar-refractivity contribution is 7.82. The van der Waals surface area contributed by atoms with E-state index in [9.17, 15) is 4.79 Å². The molecule has 1 aromatic carbocycles. The molecule has 6 heteroatoms. The quantitative estimate of drug-likeness (QED) is 0.532. The van der Waals surface area contributed by atoms with Crippen molar-refractivity contribution >= 4 is 46.5 Å². The standard InChI is InChI=1S/C13H17N3O.C4H4S2/c1-4-15-10-5-7(2)8(3)9-6-11(13(14)17)16-12(9)10;5-4-2-1-3-6-4/h5-6,15-16H,4H2,1-3H3,(H2,14,17);1-3,5H. The lowest BCUT2D eigenvalue weighted by molar-refractivity contribution is 0.0996. The summed E-state index contributed by atoms with van der Waals surface area (Å²) in [5, 5.41) is 6.34. The molecule has 0 saturated carbocycles. The smallest absolute Gasteiger partial charge is 0.265 e. The van der Waals surface area contributed by atoms with Gasteiger partial charge in [0, 0.05) is 11.9 Å². The van der Waals surface area contributed by atoms with Crippen LogP contribution < -0.4 is 11.1 Å². The zero-order chi connectivity index (χ0) is 17.0. The Kier molecular flexibility index (Phi) is 5.74. The molecule has 0 aliphatic carbocycles. The molecule has 0 fully saturated rings. The summed E-state index contributed by atoms with van der Waals surface area (Å²) in [6.07, 6.45) is 0.